The van der Waals surface area contributed by atoms with Gasteiger partial charge in [-0.05, 0) is 67.7 Å². The zero-order chi connectivity index (χ0) is 25.0. The number of benzene rings is 2. The summed E-state index contributed by atoms with van der Waals surface area (Å²) in [5.41, 5.74) is 3.61. The highest BCUT2D eigenvalue weighted by atomic mass is 35.5. The molecule has 2 aliphatic rings. The summed E-state index contributed by atoms with van der Waals surface area (Å²) >= 11 is 6.19. The summed E-state index contributed by atoms with van der Waals surface area (Å²) in [4.78, 5) is 6.38. The standard InChI is InChI=1S/C25H27ClN6O2S/c1-25(10-11-25)35(33,34)31-12-8-17(9-13-31)18-4-3-5-20(14-18)30(2)23-21-7-6-19(26)15-22(21)32(16-27)24(28)29-23/h3-8,14-16,27-28H,9-13H2,1-2H3. The van der Waals surface area contributed by atoms with Gasteiger partial charge in [0, 0.05) is 36.2 Å². The summed E-state index contributed by atoms with van der Waals surface area (Å²) in [7, 11) is -1.37. The number of halogens is 1. The smallest absolute Gasteiger partial charge is 0.229 e. The fourth-order valence-corrected chi connectivity index (χ4v) is 6.53. The first-order chi connectivity index (χ1) is 16.6. The molecule has 0 unspecified atom stereocenters. The van der Waals surface area contributed by atoms with Crippen LogP contribution in [0.1, 0.15) is 31.7 Å². The van der Waals surface area contributed by atoms with Crippen LogP contribution in [0.2, 0.25) is 5.02 Å². The molecular weight excluding hydrogens is 484 g/mol. The van der Waals surface area contributed by atoms with E-state index < -0.39 is 14.8 Å². The van der Waals surface area contributed by atoms with Gasteiger partial charge in [0.05, 0.1) is 16.6 Å². The molecule has 3 aromatic rings. The van der Waals surface area contributed by atoms with E-state index >= 15 is 0 Å². The molecule has 0 bridgehead atoms. The van der Waals surface area contributed by atoms with Crippen LogP contribution in [0.4, 0.5) is 11.5 Å². The van der Waals surface area contributed by atoms with E-state index in [1.807, 2.05) is 49.2 Å². The van der Waals surface area contributed by atoms with Gasteiger partial charge in [0.25, 0.3) is 0 Å². The third kappa shape index (κ3) is 4.07. The lowest BCUT2D eigenvalue weighted by Gasteiger charge is -2.29. The summed E-state index contributed by atoms with van der Waals surface area (Å²) in [6, 6.07) is 13.4. The van der Waals surface area contributed by atoms with Crippen LogP contribution < -0.4 is 10.5 Å². The van der Waals surface area contributed by atoms with Crippen molar-refractivity contribution >= 4 is 55.9 Å². The van der Waals surface area contributed by atoms with Crippen molar-refractivity contribution in [3.63, 3.8) is 0 Å². The third-order valence-corrected chi connectivity index (χ3v) is 9.94. The molecule has 10 heteroatoms. The number of hydrogen-bond acceptors (Lipinski definition) is 6. The predicted octanol–water partition coefficient (Wildman–Crippen LogP) is 4.36. The lowest BCUT2D eigenvalue weighted by atomic mass is 9.99. The van der Waals surface area contributed by atoms with Gasteiger partial charge >= 0.3 is 0 Å². The maximum Gasteiger partial charge on any atom is 0.229 e. The van der Waals surface area contributed by atoms with Gasteiger partial charge in [-0.2, -0.15) is 9.29 Å². The molecule has 1 aromatic heterocycles. The van der Waals surface area contributed by atoms with E-state index in [1.54, 1.807) is 16.4 Å². The lowest BCUT2D eigenvalue weighted by Crippen LogP contribution is -2.41. The van der Waals surface area contributed by atoms with E-state index in [-0.39, 0.29) is 5.62 Å². The Morgan fingerprint density at radius 2 is 1.97 bits per heavy atom. The quantitative estimate of drug-likeness (QED) is 0.379. The Morgan fingerprint density at radius 3 is 2.63 bits per heavy atom. The average molecular weight is 511 g/mol. The molecule has 1 aliphatic heterocycles. The maximum atomic E-state index is 12.9. The monoisotopic (exact) mass is 510 g/mol. The van der Waals surface area contributed by atoms with Crippen molar-refractivity contribution in [2.24, 2.45) is 0 Å². The van der Waals surface area contributed by atoms with Crippen molar-refractivity contribution < 1.29 is 8.42 Å². The topological polar surface area (TPSA) is 106 Å². The fourth-order valence-electron chi connectivity index (χ4n) is 4.52. The largest absolute Gasteiger partial charge is 0.329 e. The average Bonchev–Trinajstić information content (AvgIpc) is 3.62. The number of hydrogen-bond donors (Lipinski definition) is 2. The van der Waals surface area contributed by atoms with Gasteiger partial charge in [-0.3, -0.25) is 15.4 Å². The minimum atomic E-state index is -3.26. The van der Waals surface area contributed by atoms with E-state index in [0.29, 0.717) is 35.9 Å². The van der Waals surface area contributed by atoms with Crippen molar-refractivity contribution in [2.75, 3.05) is 25.0 Å². The fraction of sp³-hybridized carbons (Fsp3) is 0.320. The number of anilines is 2. The second-order valence-corrected chi connectivity index (χ2v) is 12.2. The van der Waals surface area contributed by atoms with Gasteiger partial charge in [0.15, 0.2) is 0 Å². The van der Waals surface area contributed by atoms with E-state index in [1.165, 1.54) is 4.57 Å². The SMILES string of the molecule is CN(c1cccc(C2=CCN(S(=O)(=O)C3(C)CC3)CC2)c1)c1nc(=N)n(C=N)c2cc(Cl)ccc12. The van der Waals surface area contributed by atoms with Crippen LogP contribution in [0.5, 0.6) is 0 Å². The number of sulfonamides is 1. The molecule has 0 atom stereocenters. The summed E-state index contributed by atoms with van der Waals surface area (Å²) < 4.78 is 28.1. The Labute approximate surface area is 209 Å². The summed E-state index contributed by atoms with van der Waals surface area (Å²) in [5.74, 6) is 0.587. The number of nitrogens with zero attached hydrogens (tertiary/aromatic N) is 4. The molecule has 182 valence electrons. The normalized spacial score (nSPS) is 17.7. The first-order valence-corrected chi connectivity index (χ1v) is 13.3. The Morgan fingerprint density at radius 1 is 1.20 bits per heavy atom. The summed E-state index contributed by atoms with van der Waals surface area (Å²) in [6.45, 7) is 2.72. The number of rotatable bonds is 6. The molecule has 2 aromatic carbocycles. The number of aromatic nitrogens is 2. The molecule has 0 spiro atoms. The molecular formula is C25H27ClN6O2S. The van der Waals surface area contributed by atoms with Crippen LogP contribution in [-0.4, -0.2) is 53.5 Å². The van der Waals surface area contributed by atoms with Crippen molar-refractivity contribution in [1.82, 2.24) is 13.9 Å². The van der Waals surface area contributed by atoms with Gasteiger partial charge in [-0.15, -0.1) is 0 Å². The highest BCUT2D eigenvalue weighted by Crippen LogP contribution is 2.45. The summed E-state index contributed by atoms with van der Waals surface area (Å²) in [6.07, 6.45) is 5.21. The molecule has 0 saturated heterocycles. The first kappa shape index (κ1) is 23.7. The Balaban J connectivity index is 1.47. The van der Waals surface area contributed by atoms with E-state index in [0.717, 1.165) is 41.4 Å². The van der Waals surface area contributed by atoms with Gasteiger partial charge < -0.3 is 4.90 Å². The first-order valence-electron chi connectivity index (χ1n) is 11.4. The zero-order valence-corrected chi connectivity index (χ0v) is 21.2. The van der Waals surface area contributed by atoms with Crippen molar-refractivity contribution in [1.29, 1.82) is 10.8 Å². The van der Waals surface area contributed by atoms with E-state index in [4.69, 9.17) is 22.4 Å². The Bertz CT molecular complexity index is 1540. The van der Waals surface area contributed by atoms with Gasteiger partial charge in [-0.25, -0.2) is 8.42 Å². The maximum absolute atomic E-state index is 12.9. The Kier molecular flexibility index (Phi) is 5.82. The number of nitrogens with one attached hydrogen (secondary N) is 2. The van der Waals surface area contributed by atoms with Crippen LogP contribution in [0.3, 0.4) is 0 Å². The highest BCUT2D eigenvalue weighted by molar-refractivity contribution is 7.90. The van der Waals surface area contributed by atoms with Crippen LogP contribution in [0, 0.1) is 10.8 Å². The molecule has 35 heavy (non-hydrogen) atoms. The minimum absolute atomic E-state index is 0.0616. The molecule has 2 N–H and O–H groups in total. The molecule has 1 fully saturated rings. The molecule has 0 amide bonds. The lowest BCUT2D eigenvalue weighted by molar-refractivity contribution is 0.431. The predicted molar refractivity (Wildman–Crippen MR) is 140 cm³/mol. The van der Waals surface area contributed by atoms with Crippen LogP contribution in [-0.2, 0) is 10.0 Å². The van der Waals surface area contributed by atoms with E-state index in [2.05, 4.69) is 11.1 Å². The molecule has 5 rings (SSSR count). The molecule has 8 nitrogen and oxygen atoms in total. The highest BCUT2D eigenvalue weighted by Gasteiger charge is 2.52. The van der Waals surface area contributed by atoms with Gasteiger partial charge in [-0.1, -0.05) is 29.8 Å². The van der Waals surface area contributed by atoms with Gasteiger partial charge in [0.1, 0.15) is 5.82 Å². The molecule has 0 radical (unpaired) electrons. The minimum Gasteiger partial charge on any atom is -0.329 e. The molecule has 1 saturated carbocycles. The zero-order valence-electron chi connectivity index (χ0n) is 19.6. The van der Waals surface area contributed by atoms with Crippen molar-refractivity contribution in [3.05, 3.63) is 64.7 Å². The summed E-state index contributed by atoms with van der Waals surface area (Å²) in [5, 5.41) is 17.3. The molecule has 2 heterocycles. The third-order valence-electron chi connectivity index (χ3n) is 7.04. The van der Waals surface area contributed by atoms with Crippen LogP contribution >= 0.6 is 11.6 Å². The van der Waals surface area contributed by atoms with Crippen LogP contribution in [0.15, 0.2) is 48.5 Å². The van der Waals surface area contributed by atoms with Crippen molar-refractivity contribution in [3.8, 4) is 0 Å². The Hall–Kier alpha value is -3.01. The van der Waals surface area contributed by atoms with Crippen molar-refractivity contribution in [2.45, 2.75) is 30.9 Å². The second-order valence-electron chi connectivity index (χ2n) is 9.32. The second kappa shape index (κ2) is 8.58. The van der Waals surface area contributed by atoms with Gasteiger partial charge in [0.2, 0.25) is 15.6 Å². The molecule has 1 aliphatic carbocycles. The van der Waals surface area contributed by atoms with Crippen LogP contribution in [0.25, 0.3) is 16.5 Å². The van der Waals surface area contributed by atoms with E-state index in [9.17, 15) is 8.42 Å². The number of fused-ring (bicyclic) bond motifs is 1.